The van der Waals surface area contributed by atoms with E-state index < -0.39 is 11.8 Å². The molecule has 0 radical (unpaired) electrons. The van der Waals surface area contributed by atoms with Crippen molar-refractivity contribution in [1.82, 2.24) is 0 Å². The van der Waals surface area contributed by atoms with Gasteiger partial charge in [0.2, 0.25) is 0 Å². The fraction of sp³-hybridized carbons (Fsp3) is 0.375. The van der Waals surface area contributed by atoms with Gasteiger partial charge in [-0.3, -0.25) is 14.4 Å². The summed E-state index contributed by atoms with van der Waals surface area (Å²) in [4.78, 5) is 38.1. The lowest BCUT2D eigenvalue weighted by Crippen LogP contribution is -2.19. The summed E-state index contributed by atoms with van der Waals surface area (Å²) in [6, 6.07) is 11.5. The number of carbonyl (C=O) groups is 3. The van der Waals surface area contributed by atoms with Crippen LogP contribution in [0.5, 0.6) is 0 Å². The summed E-state index contributed by atoms with van der Waals surface area (Å²) in [5, 5.41) is 0.646. The minimum atomic E-state index is -0.720. The van der Waals surface area contributed by atoms with Crippen LogP contribution in [0.3, 0.4) is 0 Å². The number of hydrogen-bond acceptors (Lipinski definition) is 3. The molecule has 2 atom stereocenters. The maximum absolute atomic E-state index is 13.0. The van der Waals surface area contributed by atoms with Crippen LogP contribution in [0.4, 0.5) is 0 Å². The summed E-state index contributed by atoms with van der Waals surface area (Å²) in [7, 11) is 0. The minimum Gasteiger partial charge on any atom is -0.300 e. The first kappa shape index (κ1) is 20.5. The number of hydrogen-bond donors (Lipinski definition) is 0. The maximum atomic E-state index is 13.0. The lowest BCUT2D eigenvalue weighted by Gasteiger charge is -2.16. The van der Waals surface area contributed by atoms with Gasteiger partial charge in [-0.1, -0.05) is 47.5 Å². The Morgan fingerprint density at radius 2 is 1.71 bits per heavy atom. The van der Waals surface area contributed by atoms with Gasteiger partial charge in [-0.2, -0.15) is 0 Å². The molecule has 3 rings (SSSR count). The van der Waals surface area contributed by atoms with Crippen LogP contribution in [-0.4, -0.2) is 17.3 Å². The van der Waals surface area contributed by atoms with Crippen molar-refractivity contribution < 1.29 is 14.4 Å². The van der Waals surface area contributed by atoms with E-state index in [9.17, 15) is 14.4 Å². The van der Waals surface area contributed by atoms with Crippen LogP contribution in [0.2, 0.25) is 5.02 Å². The molecule has 0 N–H and O–H groups in total. The monoisotopic (exact) mass is 396 g/mol. The molecule has 1 fully saturated rings. The predicted octanol–water partition coefficient (Wildman–Crippen LogP) is 5.10. The van der Waals surface area contributed by atoms with Crippen LogP contribution in [0.15, 0.2) is 36.4 Å². The first-order chi connectivity index (χ1) is 13.3. The molecule has 2 aromatic carbocycles. The Morgan fingerprint density at radius 1 is 1.07 bits per heavy atom. The predicted molar refractivity (Wildman–Crippen MR) is 111 cm³/mol. The first-order valence-electron chi connectivity index (χ1n) is 9.67. The zero-order valence-corrected chi connectivity index (χ0v) is 17.3. The van der Waals surface area contributed by atoms with E-state index in [1.54, 1.807) is 6.07 Å². The number of Topliss-reactive ketones (excluding diaryl/α,β-unsaturated/α-hetero) is 3. The molecule has 0 saturated heterocycles. The molecule has 2 aromatic rings. The van der Waals surface area contributed by atoms with Gasteiger partial charge in [-0.15, -0.1) is 0 Å². The van der Waals surface area contributed by atoms with Crippen molar-refractivity contribution in [3.63, 3.8) is 0 Å². The topological polar surface area (TPSA) is 51.2 Å². The lowest BCUT2D eigenvalue weighted by atomic mass is 9.86. The lowest BCUT2D eigenvalue weighted by molar-refractivity contribution is -0.127. The largest absolute Gasteiger partial charge is 0.300 e. The molecule has 1 saturated carbocycles. The Balaban J connectivity index is 1.69. The molecule has 1 aliphatic rings. The third-order valence-electron chi connectivity index (χ3n) is 5.59. The molecule has 3 nitrogen and oxygen atoms in total. The van der Waals surface area contributed by atoms with E-state index in [1.807, 2.05) is 51.1 Å². The van der Waals surface area contributed by atoms with Crippen molar-refractivity contribution in [2.24, 2.45) is 5.92 Å². The average Bonchev–Trinajstić information content (AvgIpc) is 2.88. The van der Waals surface area contributed by atoms with Gasteiger partial charge < -0.3 is 0 Å². The summed E-state index contributed by atoms with van der Waals surface area (Å²) in [5.41, 5.74) is 4.80. The number of benzene rings is 2. The van der Waals surface area contributed by atoms with Gasteiger partial charge in [-0.05, 0) is 55.5 Å². The molecule has 0 aromatic heterocycles. The molecule has 146 valence electrons. The van der Waals surface area contributed by atoms with Crippen molar-refractivity contribution in [3.8, 4) is 0 Å². The zero-order valence-electron chi connectivity index (χ0n) is 16.5. The smallest absolute Gasteiger partial charge is 0.151 e. The molecule has 0 amide bonds. The number of carbonyl (C=O) groups excluding carboxylic acids is 3. The highest BCUT2D eigenvalue weighted by Gasteiger charge is 2.43. The van der Waals surface area contributed by atoms with Crippen molar-refractivity contribution in [2.45, 2.75) is 52.4 Å². The Kier molecular flexibility index (Phi) is 6.14. The van der Waals surface area contributed by atoms with Crippen molar-refractivity contribution >= 4 is 29.0 Å². The standard InChI is InChI=1S/C24H25ClO3/c1-14-10-15(2)22(16(3)11-14)23-21(27)13-18(24(23)28)12-19(26)9-8-17-6-4-5-7-20(17)25/h4-7,10-11,18,23H,8-9,12-13H2,1-3H3. The molecule has 0 bridgehead atoms. The SMILES string of the molecule is Cc1cc(C)c(C2C(=O)CC(CC(=O)CCc3ccccc3Cl)C2=O)c(C)c1. The molecule has 4 heteroatoms. The molecule has 2 unspecified atom stereocenters. The van der Waals surface area contributed by atoms with Gasteiger partial charge >= 0.3 is 0 Å². The zero-order chi connectivity index (χ0) is 20.4. The van der Waals surface area contributed by atoms with Crippen molar-refractivity contribution in [3.05, 3.63) is 69.2 Å². The second kappa shape index (κ2) is 8.40. The van der Waals surface area contributed by atoms with Crippen LogP contribution in [0, 0.1) is 26.7 Å². The van der Waals surface area contributed by atoms with Crippen molar-refractivity contribution in [1.29, 1.82) is 0 Å². The summed E-state index contributed by atoms with van der Waals surface area (Å²) in [6.07, 6.45) is 1.17. The van der Waals surface area contributed by atoms with E-state index in [-0.39, 0.29) is 30.2 Å². The third-order valence-corrected chi connectivity index (χ3v) is 5.96. The van der Waals surface area contributed by atoms with E-state index in [1.165, 1.54) is 0 Å². The molecular weight excluding hydrogens is 372 g/mol. The third kappa shape index (κ3) is 4.25. The number of halogens is 1. The normalized spacial score (nSPS) is 19.3. The van der Waals surface area contributed by atoms with Crippen LogP contribution < -0.4 is 0 Å². The number of ketones is 3. The van der Waals surface area contributed by atoms with Crippen LogP contribution in [-0.2, 0) is 20.8 Å². The number of aryl methyl sites for hydroxylation is 4. The Hall–Kier alpha value is -2.26. The summed E-state index contributed by atoms with van der Waals surface area (Å²) in [6.45, 7) is 5.89. The van der Waals surface area contributed by atoms with E-state index in [2.05, 4.69) is 0 Å². The number of rotatable bonds is 6. The molecule has 1 aliphatic carbocycles. The van der Waals surface area contributed by atoms with Crippen LogP contribution in [0.25, 0.3) is 0 Å². The van der Waals surface area contributed by atoms with Gasteiger partial charge in [0.1, 0.15) is 17.5 Å². The summed E-state index contributed by atoms with van der Waals surface area (Å²) < 4.78 is 0. The highest BCUT2D eigenvalue weighted by molar-refractivity contribution is 6.31. The van der Waals surface area contributed by atoms with Gasteiger partial charge in [0.25, 0.3) is 0 Å². The van der Waals surface area contributed by atoms with Gasteiger partial charge in [0.15, 0.2) is 5.78 Å². The van der Waals surface area contributed by atoms with E-state index in [0.717, 1.165) is 27.8 Å². The average molecular weight is 397 g/mol. The molecule has 0 heterocycles. The fourth-order valence-electron chi connectivity index (χ4n) is 4.33. The van der Waals surface area contributed by atoms with E-state index >= 15 is 0 Å². The summed E-state index contributed by atoms with van der Waals surface area (Å²) in [5.74, 6) is -1.39. The second-order valence-corrected chi connectivity index (χ2v) is 8.26. The second-order valence-electron chi connectivity index (χ2n) is 7.85. The summed E-state index contributed by atoms with van der Waals surface area (Å²) >= 11 is 6.14. The minimum absolute atomic E-state index is 0.00377. The van der Waals surface area contributed by atoms with Gasteiger partial charge in [-0.25, -0.2) is 0 Å². The van der Waals surface area contributed by atoms with Gasteiger partial charge in [0.05, 0.1) is 0 Å². The van der Waals surface area contributed by atoms with E-state index in [0.29, 0.717) is 17.9 Å². The Bertz CT molecular complexity index is 922. The molecule has 0 aliphatic heterocycles. The van der Waals surface area contributed by atoms with Crippen LogP contribution in [0.1, 0.15) is 53.0 Å². The highest BCUT2D eigenvalue weighted by Crippen LogP contribution is 2.37. The highest BCUT2D eigenvalue weighted by atomic mass is 35.5. The van der Waals surface area contributed by atoms with Crippen molar-refractivity contribution in [2.75, 3.05) is 0 Å². The molecule has 0 spiro atoms. The fourth-order valence-corrected chi connectivity index (χ4v) is 4.56. The first-order valence-corrected chi connectivity index (χ1v) is 10.0. The maximum Gasteiger partial charge on any atom is 0.151 e. The van der Waals surface area contributed by atoms with Gasteiger partial charge in [0, 0.05) is 30.2 Å². The Morgan fingerprint density at radius 3 is 2.36 bits per heavy atom. The molecular formula is C24H25ClO3. The van der Waals surface area contributed by atoms with Crippen LogP contribution >= 0.6 is 11.6 Å². The van der Waals surface area contributed by atoms with E-state index in [4.69, 9.17) is 11.6 Å². The Labute approximate surface area is 171 Å². The quantitative estimate of drug-likeness (QED) is 0.638. The molecule has 28 heavy (non-hydrogen) atoms.